The van der Waals surface area contributed by atoms with Gasteiger partial charge in [-0.15, -0.1) is 0 Å². The molecule has 1 N–H and O–H groups in total. The third kappa shape index (κ3) is 2.63. The van der Waals surface area contributed by atoms with E-state index in [0.717, 1.165) is 0 Å². The molecule has 0 saturated carbocycles. The van der Waals surface area contributed by atoms with Gasteiger partial charge in [-0.1, -0.05) is 0 Å². The topological polar surface area (TPSA) is 62.3 Å². The molecule has 0 atom stereocenters. The van der Waals surface area contributed by atoms with Gasteiger partial charge in [-0.25, -0.2) is 4.98 Å². The quantitative estimate of drug-likeness (QED) is 0.825. The molecule has 1 aromatic heterocycles. The molecule has 0 unspecified atom stereocenters. The summed E-state index contributed by atoms with van der Waals surface area (Å²) in [6.07, 6.45) is 1.65. The Morgan fingerprint density at radius 1 is 1.47 bits per heavy atom. The standard InChI is InChI=1S/C11H15N3O2S/c1-12-10-9(3-2-4-13-10)11(15)14-5-7-17(16)8-6-14/h2-4H,5-8H2,1H3,(H,12,13). The summed E-state index contributed by atoms with van der Waals surface area (Å²) in [6, 6.07) is 3.50. The van der Waals surface area contributed by atoms with E-state index >= 15 is 0 Å². The highest BCUT2D eigenvalue weighted by Crippen LogP contribution is 2.14. The Morgan fingerprint density at radius 3 is 2.82 bits per heavy atom. The lowest BCUT2D eigenvalue weighted by Crippen LogP contribution is -2.42. The van der Waals surface area contributed by atoms with E-state index in [4.69, 9.17) is 0 Å². The summed E-state index contributed by atoms with van der Waals surface area (Å²) in [6.45, 7) is 1.12. The van der Waals surface area contributed by atoms with Crippen molar-refractivity contribution in [3.05, 3.63) is 23.9 Å². The van der Waals surface area contributed by atoms with Crippen molar-refractivity contribution >= 4 is 22.5 Å². The van der Waals surface area contributed by atoms with Gasteiger partial charge in [0.05, 0.1) is 5.56 Å². The molecule has 0 aromatic carbocycles. The summed E-state index contributed by atoms with van der Waals surface area (Å²) >= 11 is 0. The van der Waals surface area contributed by atoms with Crippen molar-refractivity contribution in [2.75, 3.05) is 37.0 Å². The van der Waals surface area contributed by atoms with E-state index in [1.165, 1.54) is 0 Å². The number of nitrogens with zero attached hydrogens (tertiary/aromatic N) is 2. The molecule has 1 amide bonds. The summed E-state index contributed by atoms with van der Waals surface area (Å²) in [4.78, 5) is 18.1. The lowest BCUT2D eigenvalue weighted by atomic mass is 10.2. The van der Waals surface area contributed by atoms with Crippen LogP contribution in [0.25, 0.3) is 0 Å². The van der Waals surface area contributed by atoms with Gasteiger partial charge < -0.3 is 10.2 Å². The monoisotopic (exact) mass is 253 g/mol. The van der Waals surface area contributed by atoms with Crippen LogP contribution in [0, 0.1) is 0 Å². The van der Waals surface area contributed by atoms with Crippen LogP contribution in [0.4, 0.5) is 5.82 Å². The number of hydrogen-bond donors (Lipinski definition) is 1. The Labute approximate surface area is 103 Å². The zero-order valence-electron chi connectivity index (χ0n) is 9.68. The largest absolute Gasteiger partial charge is 0.372 e. The normalized spacial score (nSPS) is 16.9. The number of aromatic nitrogens is 1. The lowest BCUT2D eigenvalue weighted by molar-refractivity contribution is 0.0772. The molecular formula is C11H15N3O2S. The van der Waals surface area contributed by atoms with Crippen LogP contribution in [-0.2, 0) is 10.8 Å². The molecule has 0 radical (unpaired) electrons. The minimum absolute atomic E-state index is 0.0425. The van der Waals surface area contributed by atoms with Crippen molar-refractivity contribution in [1.82, 2.24) is 9.88 Å². The average molecular weight is 253 g/mol. The number of carbonyl (C=O) groups is 1. The zero-order valence-corrected chi connectivity index (χ0v) is 10.5. The molecule has 1 saturated heterocycles. The van der Waals surface area contributed by atoms with Gasteiger partial charge in [-0.05, 0) is 12.1 Å². The minimum Gasteiger partial charge on any atom is -0.372 e. The molecule has 1 aliphatic rings. The summed E-state index contributed by atoms with van der Waals surface area (Å²) < 4.78 is 11.2. The van der Waals surface area contributed by atoms with Crippen LogP contribution in [0.1, 0.15) is 10.4 Å². The Kier molecular flexibility index (Phi) is 3.73. The van der Waals surface area contributed by atoms with E-state index in [-0.39, 0.29) is 5.91 Å². The molecule has 1 aromatic rings. The predicted molar refractivity (Wildman–Crippen MR) is 67.6 cm³/mol. The van der Waals surface area contributed by atoms with Crippen LogP contribution < -0.4 is 5.32 Å². The molecule has 2 rings (SSSR count). The highest BCUT2D eigenvalue weighted by Gasteiger charge is 2.23. The molecule has 0 bridgehead atoms. The Morgan fingerprint density at radius 2 is 2.18 bits per heavy atom. The van der Waals surface area contributed by atoms with Crippen molar-refractivity contribution in [2.24, 2.45) is 0 Å². The molecule has 0 spiro atoms. The van der Waals surface area contributed by atoms with Crippen molar-refractivity contribution in [2.45, 2.75) is 0 Å². The van der Waals surface area contributed by atoms with Gasteiger partial charge in [0.15, 0.2) is 0 Å². The van der Waals surface area contributed by atoms with E-state index in [0.29, 0.717) is 36.0 Å². The first-order valence-electron chi connectivity index (χ1n) is 5.49. The third-order valence-corrected chi connectivity index (χ3v) is 4.02. The summed E-state index contributed by atoms with van der Waals surface area (Å²) in [5.41, 5.74) is 0.572. The van der Waals surface area contributed by atoms with Gasteiger partial charge in [0.2, 0.25) is 0 Å². The number of carbonyl (C=O) groups excluding carboxylic acids is 1. The van der Waals surface area contributed by atoms with Gasteiger partial charge in [-0.2, -0.15) is 0 Å². The summed E-state index contributed by atoms with van der Waals surface area (Å²) in [7, 11) is 0.974. The van der Waals surface area contributed by atoms with Gasteiger partial charge >= 0.3 is 0 Å². The number of anilines is 1. The molecule has 17 heavy (non-hydrogen) atoms. The van der Waals surface area contributed by atoms with Crippen LogP contribution >= 0.6 is 0 Å². The van der Waals surface area contributed by atoms with Gasteiger partial charge in [0.25, 0.3) is 5.91 Å². The van der Waals surface area contributed by atoms with Crippen molar-refractivity contribution in [3.8, 4) is 0 Å². The second-order valence-corrected chi connectivity index (χ2v) is 5.49. The third-order valence-electron chi connectivity index (χ3n) is 2.74. The maximum absolute atomic E-state index is 12.2. The fourth-order valence-electron chi connectivity index (χ4n) is 1.79. The maximum Gasteiger partial charge on any atom is 0.257 e. The smallest absolute Gasteiger partial charge is 0.257 e. The Hall–Kier alpha value is -1.43. The van der Waals surface area contributed by atoms with Crippen LogP contribution in [0.5, 0.6) is 0 Å². The van der Waals surface area contributed by atoms with Crippen molar-refractivity contribution in [1.29, 1.82) is 0 Å². The lowest BCUT2D eigenvalue weighted by Gasteiger charge is -2.26. The number of nitrogens with one attached hydrogen (secondary N) is 1. The van der Waals surface area contributed by atoms with Gasteiger partial charge in [0.1, 0.15) is 5.82 Å². The van der Waals surface area contributed by atoms with E-state index in [1.807, 2.05) is 0 Å². The van der Waals surface area contributed by atoms with Crippen LogP contribution in [0.15, 0.2) is 18.3 Å². The van der Waals surface area contributed by atoms with E-state index in [2.05, 4.69) is 10.3 Å². The van der Waals surface area contributed by atoms with Crippen LogP contribution in [0.3, 0.4) is 0 Å². The molecule has 1 aliphatic heterocycles. The maximum atomic E-state index is 12.2. The number of rotatable bonds is 2. The van der Waals surface area contributed by atoms with Gasteiger partial charge in [-0.3, -0.25) is 9.00 Å². The molecule has 92 valence electrons. The number of hydrogen-bond acceptors (Lipinski definition) is 4. The molecular weight excluding hydrogens is 238 g/mol. The number of amides is 1. The van der Waals surface area contributed by atoms with Crippen molar-refractivity contribution in [3.63, 3.8) is 0 Å². The molecule has 5 nitrogen and oxygen atoms in total. The van der Waals surface area contributed by atoms with Gasteiger partial charge in [0, 0.05) is 48.6 Å². The van der Waals surface area contributed by atoms with E-state index in [1.54, 1.807) is 30.3 Å². The molecule has 0 aliphatic carbocycles. The first-order valence-corrected chi connectivity index (χ1v) is 6.98. The highest BCUT2D eigenvalue weighted by molar-refractivity contribution is 7.85. The second-order valence-electron chi connectivity index (χ2n) is 3.79. The van der Waals surface area contributed by atoms with E-state index in [9.17, 15) is 9.00 Å². The summed E-state index contributed by atoms with van der Waals surface area (Å²) in [5.74, 6) is 1.69. The predicted octanol–water partition coefficient (Wildman–Crippen LogP) is 0.328. The van der Waals surface area contributed by atoms with Crippen LogP contribution in [-0.4, -0.2) is 51.6 Å². The summed E-state index contributed by atoms with van der Waals surface area (Å²) in [5, 5.41) is 2.91. The van der Waals surface area contributed by atoms with Crippen LogP contribution in [0.2, 0.25) is 0 Å². The fraction of sp³-hybridized carbons (Fsp3) is 0.455. The number of pyridine rings is 1. The zero-order chi connectivity index (χ0) is 12.3. The second kappa shape index (κ2) is 5.27. The van der Waals surface area contributed by atoms with Crippen molar-refractivity contribution < 1.29 is 9.00 Å². The molecule has 2 heterocycles. The SMILES string of the molecule is CNc1ncccc1C(=O)N1CCS(=O)CC1. The highest BCUT2D eigenvalue weighted by atomic mass is 32.2. The minimum atomic E-state index is -0.766. The Balaban J connectivity index is 2.16. The first-order chi connectivity index (χ1) is 8.22. The first kappa shape index (κ1) is 12.0. The fourth-order valence-corrected chi connectivity index (χ4v) is 2.84. The van der Waals surface area contributed by atoms with E-state index < -0.39 is 10.8 Å². The molecule has 6 heteroatoms. The molecule has 1 fully saturated rings. The average Bonchev–Trinajstić information content (AvgIpc) is 2.39. The Bertz CT molecular complexity index is 440.